The lowest BCUT2D eigenvalue weighted by Gasteiger charge is -2.14. The molecule has 9 heteroatoms. The third-order valence-electron chi connectivity index (χ3n) is 5.08. The number of fused-ring (bicyclic) bond motifs is 3. The van der Waals surface area contributed by atoms with Crippen LogP contribution >= 0.6 is 0 Å². The van der Waals surface area contributed by atoms with Crippen LogP contribution in [0.2, 0.25) is 0 Å². The van der Waals surface area contributed by atoms with E-state index in [0.717, 1.165) is 22.3 Å². The molecule has 32 heavy (non-hydrogen) atoms. The zero-order chi connectivity index (χ0) is 22.9. The minimum atomic E-state index is -1.16. The first kappa shape index (κ1) is 22.8. The van der Waals surface area contributed by atoms with Crippen LogP contribution in [0.1, 0.15) is 29.9 Å². The molecule has 0 radical (unpaired) electrons. The number of carboxylic acid groups (broad SMARTS) is 1. The van der Waals surface area contributed by atoms with Crippen LogP contribution in [-0.4, -0.2) is 55.2 Å². The van der Waals surface area contributed by atoms with Crippen molar-refractivity contribution in [3.63, 3.8) is 0 Å². The van der Waals surface area contributed by atoms with E-state index in [9.17, 15) is 19.2 Å². The molecule has 2 aromatic carbocycles. The van der Waals surface area contributed by atoms with Crippen molar-refractivity contribution in [3.05, 3.63) is 59.7 Å². The number of ether oxygens (including phenoxy) is 1. The van der Waals surface area contributed by atoms with Crippen LogP contribution in [0, 0.1) is 0 Å². The van der Waals surface area contributed by atoms with Gasteiger partial charge in [-0.3, -0.25) is 14.4 Å². The molecule has 3 rings (SSSR count). The lowest BCUT2D eigenvalue weighted by atomic mass is 9.98. The van der Waals surface area contributed by atoms with Crippen molar-refractivity contribution in [2.75, 3.05) is 26.2 Å². The summed E-state index contributed by atoms with van der Waals surface area (Å²) in [6.45, 7) is -0.341. The number of hydrogen-bond acceptors (Lipinski definition) is 5. The summed E-state index contributed by atoms with van der Waals surface area (Å²) in [5.41, 5.74) is 4.57. The first-order chi connectivity index (χ1) is 15.5. The van der Waals surface area contributed by atoms with Gasteiger partial charge < -0.3 is 25.8 Å². The van der Waals surface area contributed by atoms with Gasteiger partial charge >= 0.3 is 12.1 Å². The number of hydrogen-bond donors (Lipinski definition) is 4. The van der Waals surface area contributed by atoms with Crippen LogP contribution in [0.25, 0.3) is 11.1 Å². The molecule has 1 aliphatic rings. The largest absolute Gasteiger partial charge is 0.480 e. The molecule has 0 spiro atoms. The fourth-order valence-electron chi connectivity index (χ4n) is 3.59. The highest BCUT2D eigenvalue weighted by Crippen LogP contribution is 2.44. The number of rotatable bonds is 10. The van der Waals surface area contributed by atoms with E-state index < -0.39 is 24.5 Å². The zero-order valence-corrected chi connectivity index (χ0v) is 17.4. The summed E-state index contributed by atoms with van der Waals surface area (Å²) in [5.74, 6) is -2.14. The first-order valence-corrected chi connectivity index (χ1v) is 10.3. The average molecular weight is 439 g/mol. The molecule has 0 aromatic heterocycles. The standard InChI is InChI=1S/C23H25N3O6/c27-20(25-12-21(28)26-13-22(29)30)10-5-11-24-23(31)32-14-19-17-8-3-1-6-15(17)16-7-2-4-9-18(16)19/h1-4,6-9,19H,5,10-14H2,(H,24,31)(H,25,27)(H,26,28)(H,29,30). The quantitative estimate of drug-likeness (QED) is 0.416. The fourth-order valence-corrected chi connectivity index (χ4v) is 3.59. The summed E-state index contributed by atoms with van der Waals surface area (Å²) in [6, 6.07) is 16.1. The fraction of sp³-hybridized carbons (Fsp3) is 0.304. The van der Waals surface area contributed by atoms with E-state index in [4.69, 9.17) is 9.84 Å². The average Bonchev–Trinajstić information content (AvgIpc) is 3.11. The van der Waals surface area contributed by atoms with E-state index in [0.29, 0.717) is 6.42 Å². The monoisotopic (exact) mass is 439 g/mol. The van der Waals surface area contributed by atoms with Gasteiger partial charge in [0.15, 0.2) is 0 Å². The van der Waals surface area contributed by atoms with E-state index in [-0.39, 0.29) is 37.9 Å². The van der Waals surface area contributed by atoms with Crippen molar-refractivity contribution in [3.8, 4) is 11.1 Å². The Labute approximate surface area is 185 Å². The number of aliphatic carboxylic acids is 1. The molecule has 0 atom stereocenters. The van der Waals surface area contributed by atoms with Crippen LogP contribution in [0.4, 0.5) is 4.79 Å². The van der Waals surface area contributed by atoms with E-state index in [1.165, 1.54) is 0 Å². The molecule has 0 heterocycles. The Morgan fingerprint density at radius 1 is 0.812 bits per heavy atom. The summed E-state index contributed by atoms with van der Waals surface area (Å²) in [4.78, 5) is 45.5. The smallest absolute Gasteiger partial charge is 0.407 e. The van der Waals surface area contributed by atoms with Crippen molar-refractivity contribution in [1.82, 2.24) is 16.0 Å². The molecular formula is C23H25N3O6. The van der Waals surface area contributed by atoms with Crippen LogP contribution in [0.5, 0.6) is 0 Å². The predicted molar refractivity (Wildman–Crippen MR) is 116 cm³/mol. The number of carboxylic acids is 1. The van der Waals surface area contributed by atoms with Gasteiger partial charge in [-0.25, -0.2) is 4.79 Å². The van der Waals surface area contributed by atoms with Crippen molar-refractivity contribution in [2.45, 2.75) is 18.8 Å². The predicted octanol–water partition coefficient (Wildman–Crippen LogP) is 1.62. The number of amides is 3. The topological polar surface area (TPSA) is 134 Å². The van der Waals surface area contributed by atoms with Gasteiger partial charge in [-0.2, -0.15) is 0 Å². The Morgan fingerprint density at radius 2 is 1.41 bits per heavy atom. The zero-order valence-electron chi connectivity index (χ0n) is 17.4. The molecule has 9 nitrogen and oxygen atoms in total. The second kappa shape index (κ2) is 10.9. The summed E-state index contributed by atoms with van der Waals surface area (Å²) >= 11 is 0. The third-order valence-corrected chi connectivity index (χ3v) is 5.08. The van der Waals surface area contributed by atoms with Crippen LogP contribution in [-0.2, 0) is 19.1 Å². The Kier molecular flexibility index (Phi) is 7.80. The third kappa shape index (κ3) is 6.07. The van der Waals surface area contributed by atoms with Gasteiger partial charge in [0.1, 0.15) is 13.2 Å². The summed E-state index contributed by atoms with van der Waals surface area (Å²) in [7, 11) is 0. The molecule has 168 valence electrons. The molecule has 0 bridgehead atoms. The van der Waals surface area contributed by atoms with Gasteiger partial charge in [-0.1, -0.05) is 48.5 Å². The maximum absolute atomic E-state index is 12.1. The highest BCUT2D eigenvalue weighted by atomic mass is 16.5. The minimum absolute atomic E-state index is 0.0220. The first-order valence-electron chi connectivity index (χ1n) is 10.3. The van der Waals surface area contributed by atoms with Crippen LogP contribution in [0.3, 0.4) is 0 Å². The van der Waals surface area contributed by atoms with Gasteiger partial charge in [-0.05, 0) is 28.7 Å². The van der Waals surface area contributed by atoms with Gasteiger partial charge in [-0.15, -0.1) is 0 Å². The van der Waals surface area contributed by atoms with Crippen molar-refractivity contribution in [2.24, 2.45) is 0 Å². The molecule has 2 aromatic rings. The number of alkyl carbamates (subject to hydrolysis) is 1. The van der Waals surface area contributed by atoms with Gasteiger partial charge in [0.2, 0.25) is 11.8 Å². The highest BCUT2D eigenvalue weighted by molar-refractivity contribution is 5.86. The Morgan fingerprint density at radius 3 is 2.03 bits per heavy atom. The van der Waals surface area contributed by atoms with E-state index in [1.807, 2.05) is 36.4 Å². The van der Waals surface area contributed by atoms with Crippen molar-refractivity contribution >= 4 is 23.9 Å². The Bertz CT molecular complexity index is 961. The Balaban J connectivity index is 1.35. The van der Waals surface area contributed by atoms with Gasteiger partial charge in [0.25, 0.3) is 0 Å². The number of nitrogens with one attached hydrogen (secondary N) is 3. The Hall–Kier alpha value is -3.88. The summed E-state index contributed by atoms with van der Waals surface area (Å²) < 4.78 is 5.42. The maximum Gasteiger partial charge on any atom is 0.407 e. The van der Waals surface area contributed by atoms with Crippen molar-refractivity contribution in [1.29, 1.82) is 0 Å². The molecule has 0 fully saturated rings. The van der Waals surface area contributed by atoms with Gasteiger partial charge in [0.05, 0.1) is 6.54 Å². The van der Waals surface area contributed by atoms with Crippen molar-refractivity contribution < 1.29 is 29.0 Å². The molecule has 0 aliphatic heterocycles. The lowest BCUT2D eigenvalue weighted by Crippen LogP contribution is -2.39. The van der Waals surface area contributed by atoms with E-state index in [1.54, 1.807) is 0 Å². The molecule has 3 amide bonds. The summed E-state index contributed by atoms with van der Waals surface area (Å²) in [6.07, 6.45) is -0.0804. The molecular weight excluding hydrogens is 414 g/mol. The van der Waals surface area contributed by atoms with Crippen LogP contribution in [0.15, 0.2) is 48.5 Å². The summed E-state index contributed by atoms with van der Waals surface area (Å²) in [5, 5.41) is 15.6. The highest BCUT2D eigenvalue weighted by Gasteiger charge is 2.28. The minimum Gasteiger partial charge on any atom is -0.480 e. The molecule has 0 unspecified atom stereocenters. The maximum atomic E-state index is 12.1. The SMILES string of the molecule is O=C(O)CNC(=O)CNC(=O)CCCNC(=O)OCC1c2ccccc2-c2ccccc21. The van der Waals surface area contributed by atoms with E-state index >= 15 is 0 Å². The second-order valence-corrected chi connectivity index (χ2v) is 7.30. The lowest BCUT2D eigenvalue weighted by molar-refractivity contribution is -0.137. The van der Waals surface area contributed by atoms with Gasteiger partial charge in [0, 0.05) is 18.9 Å². The van der Waals surface area contributed by atoms with E-state index in [2.05, 4.69) is 28.1 Å². The number of carbonyl (C=O) groups excluding carboxylic acids is 3. The number of carbonyl (C=O) groups is 4. The second-order valence-electron chi connectivity index (χ2n) is 7.30. The molecule has 0 saturated heterocycles. The normalized spacial score (nSPS) is 11.8. The molecule has 4 N–H and O–H groups in total. The molecule has 1 aliphatic carbocycles. The number of benzene rings is 2. The molecule has 0 saturated carbocycles. The van der Waals surface area contributed by atoms with Crippen LogP contribution < -0.4 is 16.0 Å².